The number of nitrogens with zero attached hydrogens (tertiary/aromatic N) is 1. The lowest BCUT2D eigenvalue weighted by atomic mass is 9.96. The van der Waals surface area contributed by atoms with Crippen LogP contribution < -0.4 is 4.74 Å². The molecule has 0 atom stereocenters. The largest absolute Gasteiger partial charge is 0.496 e. The fourth-order valence-corrected chi connectivity index (χ4v) is 3.57. The smallest absolute Gasteiger partial charge is 0.339 e. The van der Waals surface area contributed by atoms with E-state index in [4.69, 9.17) is 9.47 Å². The highest BCUT2D eigenvalue weighted by atomic mass is 79.9. The fourth-order valence-electron chi connectivity index (χ4n) is 3.21. The summed E-state index contributed by atoms with van der Waals surface area (Å²) in [5.41, 5.74) is 5.02. The highest BCUT2D eigenvalue weighted by molar-refractivity contribution is 9.10. The molecule has 0 spiro atoms. The number of esters is 1. The van der Waals surface area contributed by atoms with Gasteiger partial charge in [0.05, 0.1) is 19.3 Å². The number of halogens is 1. The Hall–Kier alpha value is -2.14. The van der Waals surface area contributed by atoms with Crippen molar-refractivity contribution in [1.29, 1.82) is 0 Å². The Morgan fingerprint density at radius 1 is 1.20 bits per heavy atom. The van der Waals surface area contributed by atoms with E-state index in [1.165, 1.54) is 11.1 Å². The third kappa shape index (κ3) is 3.76. The van der Waals surface area contributed by atoms with Gasteiger partial charge in [0.2, 0.25) is 0 Å². The van der Waals surface area contributed by atoms with Crippen LogP contribution in [0.15, 0.2) is 41.1 Å². The van der Waals surface area contributed by atoms with Crippen molar-refractivity contribution in [3.8, 4) is 5.75 Å². The fraction of sp³-hybridized carbons (Fsp3) is 0.300. The Kier molecular flexibility index (Phi) is 5.53. The predicted octanol–water partition coefficient (Wildman–Crippen LogP) is 5.12. The van der Waals surface area contributed by atoms with Gasteiger partial charge in [-0.2, -0.15) is 0 Å². The van der Waals surface area contributed by atoms with E-state index in [1.807, 2.05) is 24.4 Å². The molecule has 0 fully saturated rings. The second kappa shape index (κ2) is 7.83. The molecular formula is C20H20BrNO3. The van der Waals surface area contributed by atoms with Gasteiger partial charge in [-0.15, -0.1) is 0 Å². The van der Waals surface area contributed by atoms with Gasteiger partial charge in [-0.05, 0) is 67.2 Å². The van der Waals surface area contributed by atoms with E-state index in [0.29, 0.717) is 12.2 Å². The minimum Gasteiger partial charge on any atom is -0.496 e. The van der Waals surface area contributed by atoms with Gasteiger partial charge >= 0.3 is 5.97 Å². The van der Waals surface area contributed by atoms with Crippen LogP contribution in [0.25, 0.3) is 11.1 Å². The van der Waals surface area contributed by atoms with Gasteiger partial charge < -0.3 is 9.47 Å². The lowest BCUT2D eigenvalue weighted by Gasteiger charge is -2.13. The molecule has 130 valence electrons. The van der Waals surface area contributed by atoms with Crippen LogP contribution in [-0.4, -0.2) is 24.7 Å². The number of aromatic nitrogens is 1. The van der Waals surface area contributed by atoms with Crippen molar-refractivity contribution in [2.45, 2.75) is 26.2 Å². The second-order valence-corrected chi connectivity index (χ2v) is 6.75. The first-order valence-electron chi connectivity index (χ1n) is 8.32. The molecule has 1 aromatic heterocycles. The van der Waals surface area contributed by atoms with Crippen LogP contribution in [-0.2, 0) is 4.74 Å². The van der Waals surface area contributed by atoms with Crippen LogP contribution in [0.4, 0.5) is 0 Å². The van der Waals surface area contributed by atoms with Crippen molar-refractivity contribution < 1.29 is 14.3 Å². The molecule has 0 N–H and O–H groups in total. The maximum atomic E-state index is 12.0. The van der Waals surface area contributed by atoms with Gasteiger partial charge in [0.15, 0.2) is 0 Å². The Labute approximate surface area is 156 Å². The summed E-state index contributed by atoms with van der Waals surface area (Å²) in [5.74, 6) is 0.518. The van der Waals surface area contributed by atoms with Crippen molar-refractivity contribution in [2.24, 2.45) is 0 Å². The molecule has 0 bridgehead atoms. The van der Waals surface area contributed by atoms with Crippen LogP contribution in [0.1, 0.15) is 47.7 Å². The molecule has 1 heterocycles. The Morgan fingerprint density at radius 3 is 2.76 bits per heavy atom. The SMILES string of the molecule is CCOC(=O)c1cncc(C2=C(c3cc(Br)ccc3OC)CCC2)c1. The number of methoxy groups -OCH3 is 1. The molecular weight excluding hydrogens is 382 g/mol. The summed E-state index contributed by atoms with van der Waals surface area (Å²) >= 11 is 3.55. The average molecular weight is 402 g/mol. The van der Waals surface area contributed by atoms with Crippen molar-refractivity contribution in [3.05, 3.63) is 57.8 Å². The summed E-state index contributed by atoms with van der Waals surface area (Å²) in [7, 11) is 1.69. The lowest BCUT2D eigenvalue weighted by molar-refractivity contribution is 0.0526. The van der Waals surface area contributed by atoms with Crippen molar-refractivity contribution >= 4 is 33.0 Å². The molecule has 0 aliphatic heterocycles. The van der Waals surface area contributed by atoms with Crippen molar-refractivity contribution in [1.82, 2.24) is 4.98 Å². The molecule has 0 unspecified atom stereocenters. The second-order valence-electron chi connectivity index (χ2n) is 5.84. The lowest BCUT2D eigenvalue weighted by Crippen LogP contribution is -2.05. The number of pyridine rings is 1. The molecule has 0 saturated carbocycles. The number of ether oxygens (including phenoxy) is 2. The number of allylic oxidation sites excluding steroid dienone is 2. The standard InChI is InChI=1S/C20H20BrNO3/c1-3-25-20(23)14-9-13(11-22-12-14)16-5-4-6-17(16)18-10-15(21)7-8-19(18)24-2/h7-12H,3-6H2,1-2H3. The van der Waals surface area contributed by atoms with E-state index in [-0.39, 0.29) is 5.97 Å². The molecule has 0 saturated heterocycles. The van der Waals surface area contributed by atoms with E-state index in [0.717, 1.165) is 40.6 Å². The summed E-state index contributed by atoms with van der Waals surface area (Å²) in [6.07, 6.45) is 6.37. The molecule has 3 rings (SSSR count). The number of carbonyl (C=O) groups excluding carboxylic acids is 1. The summed E-state index contributed by atoms with van der Waals surface area (Å²) < 4.78 is 11.6. The molecule has 1 aliphatic rings. The highest BCUT2D eigenvalue weighted by Gasteiger charge is 2.21. The molecule has 5 heteroatoms. The first kappa shape index (κ1) is 17.7. The number of hydrogen-bond acceptors (Lipinski definition) is 4. The van der Waals surface area contributed by atoms with Crippen LogP contribution in [0, 0.1) is 0 Å². The van der Waals surface area contributed by atoms with Gasteiger partial charge in [-0.3, -0.25) is 4.98 Å². The quantitative estimate of drug-likeness (QED) is 0.651. The number of carbonyl (C=O) groups is 1. The summed E-state index contributed by atoms with van der Waals surface area (Å²) in [6, 6.07) is 7.90. The van der Waals surface area contributed by atoms with E-state index in [9.17, 15) is 4.79 Å². The first-order chi connectivity index (χ1) is 12.1. The van der Waals surface area contributed by atoms with Gasteiger partial charge in [0.25, 0.3) is 0 Å². The van der Waals surface area contributed by atoms with Gasteiger partial charge in [-0.25, -0.2) is 4.79 Å². The monoisotopic (exact) mass is 401 g/mol. The Morgan fingerprint density at radius 2 is 2.00 bits per heavy atom. The third-order valence-corrected chi connectivity index (χ3v) is 4.80. The van der Waals surface area contributed by atoms with E-state index in [1.54, 1.807) is 20.2 Å². The molecule has 0 amide bonds. The van der Waals surface area contributed by atoms with E-state index >= 15 is 0 Å². The molecule has 1 aromatic carbocycles. The van der Waals surface area contributed by atoms with Gasteiger partial charge in [0.1, 0.15) is 5.75 Å². The topological polar surface area (TPSA) is 48.4 Å². The number of hydrogen-bond donors (Lipinski definition) is 0. The van der Waals surface area contributed by atoms with Gasteiger partial charge in [-0.1, -0.05) is 15.9 Å². The predicted molar refractivity (Wildman–Crippen MR) is 102 cm³/mol. The zero-order valence-electron chi connectivity index (χ0n) is 14.3. The van der Waals surface area contributed by atoms with Crippen molar-refractivity contribution in [2.75, 3.05) is 13.7 Å². The summed E-state index contributed by atoms with van der Waals surface area (Å²) in [6.45, 7) is 2.15. The average Bonchev–Trinajstić information content (AvgIpc) is 3.11. The third-order valence-electron chi connectivity index (χ3n) is 4.30. The maximum Gasteiger partial charge on any atom is 0.339 e. The minimum atomic E-state index is -0.336. The molecule has 2 aromatic rings. The molecule has 0 radical (unpaired) electrons. The first-order valence-corrected chi connectivity index (χ1v) is 9.11. The van der Waals surface area contributed by atoms with Crippen LogP contribution in [0.5, 0.6) is 5.75 Å². The number of rotatable bonds is 5. The molecule has 25 heavy (non-hydrogen) atoms. The number of benzene rings is 1. The maximum absolute atomic E-state index is 12.0. The van der Waals surface area contributed by atoms with Crippen LogP contribution >= 0.6 is 15.9 Å². The summed E-state index contributed by atoms with van der Waals surface area (Å²) in [4.78, 5) is 16.2. The van der Waals surface area contributed by atoms with E-state index < -0.39 is 0 Å². The molecule has 1 aliphatic carbocycles. The van der Waals surface area contributed by atoms with E-state index in [2.05, 4.69) is 27.0 Å². The van der Waals surface area contributed by atoms with Crippen LogP contribution in [0.2, 0.25) is 0 Å². The zero-order valence-corrected chi connectivity index (χ0v) is 15.9. The Balaban J connectivity index is 2.07. The zero-order chi connectivity index (χ0) is 17.8. The minimum absolute atomic E-state index is 0.336. The molecule has 4 nitrogen and oxygen atoms in total. The highest BCUT2D eigenvalue weighted by Crippen LogP contribution is 2.43. The van der Waals surface area contributed by atoms with Gasteiger partial charge in [0, 0.05) is 22.4 Å². The Bertz CT molecular complexity index is 829. The summed E-state index contributed by atoms with van der Waals surface area (Å²) in [5, 5.41) is 0. The van der Waals surface area contributed by atoms with Crippen molar-refractivity contribution in [3.63, 3.8) is 0 Å². The normalized spacial score (nSPS) is 13.9. The van der Waals surface area contributed by atoms with Crippen LogP contribution in [0.3, 0.4) is 0 Å².